The Balaban J connectivity index is 2.79. The molecule has 0 aromatic carbocycles. The third-order valence-electron chi connectivity index (χ3n) is 2.63. The van der Waals surface area contributed by atoms with Crippen LogP contribution in [0.3, 0.4) is 0 Å². The lowest BCUT2D eigenvalue weighted by molar-refractivity contribution is 0.366. The van der Waals surface area contributed by atoms with Gasteiger partial charge in [0.1, 0.15) is 0 Å². The molecule has 0 saturated heterocycles. The summed E-state index contributed by atoms with van der Waals surface area (Å²) in [7, 11) is -3.94. The number of nitrogens with one attached hydrogen (secondary N) is 1. The summed E-state index contributed by atoms with van der Waals surface area (Å²) in [4.78, 5) is 0. The van der Waals surface area contributed by atoms with Crippen LogP contribution in [0.15, 0.2) is 11.4 Å². The van der Waals surface area contributed by atoms with Crippen molar-refractivity contribution in [2.24, 2.45) is 5.14 Å². The average Bonchev–Trinajstić information content (AvgIpc) is 2.79. The van der Waals surface area contributed by atoms with Crippen molar-refractivity contribution in [2.75, 3.05) is 0 Å². The number of hydrogen-bond acceptors (Lipinski definition) is 5. The molecule has 3 N–H and O–H groups in total. The number of nitrogens with two attached hydrogens (primary N) is 1. The monoisotopic (exact) mass is 284 g/mol. The van der Waals surface area contributed by atoms with E-state index >= 15 is 0 Å². The van der Waals surface area contributed by atoms with Crippen molar-refractivity contribution in [1.82, 2.24) is 25.0 Å². The van der Waals surface area contributed by atoms with E-state index < -0.39 is 15.6 Å². The van der Waals surface area contributed by atoms with Gasteiger partial charge in [-0.3, -0.25) is 9.67 Å². The van der Waals surface area contributed by atoms with Crippen LogP contribution in [-0.2, 0) is 15.6 Å². The quantitative estimate of drug-likeness (QED) is 0.826. The number of hydrogen-bond donors (Lipinski definition) is 2. The maximum Gasteiger partial charge on any atom is 0.273 e. The number of H-pyrrole nitrogens is 1. The van der Waals surface area contributed by atoms with Crippen LogP contribution in [0.2, 0.25) is 0 Å². The van der Waals surface area contributed by atoms with Crippen molar-refractivity contribution >= 4 is 10.0 Å². The fraction of sp³-hybridized carbons (Fsp3) is 0.500. The number of aromatic amines is 1. The smallest absolute Gasteiger partial charge is 0.273 e. The summed E-state index contributed by atoms with van der Waals surface area (Å²) in [5.74, 6) is 0.419. The molecule has 2 heterocycles. The highest BCUT2D eigenvalue weighted by atomic mass is 32.2. The van der Waals surface area contributed by atoms with Gasteiger partial charge in [-0.15, -0.1) is 10.2 Å². The van der Waals surface area contributed by atoms with E-state index in [-0.39, 0.29) is 5.16 Å². The van der Waals surface area contributed by atoms with Crippen LogP contribution in [-0.4, -0.2) is 33.4 Å². The second-order valence-corrected chi connectivity index (χ2v) is 6.72. The second-order valence-electron chi connectivity index (χ2n) is 5.27. The third-order valence-corrected chi connectivity index (χ3v) is 3.40. The maximum atomic E-state index is 11.6. The van der Waals surface area contributed by atoms with E-state index in [2.05, 4.69) is 20.4 Å². The van der Waals surface area contributed by atoms with E-state index in [0.29, 0.717) is 11.4 Å². The first-order valence-electron chi connectivity index (χ1n) is 5.61. The Labute approximate surface area is 111 Å². The van der Waals surface area contributed by atoms with Crippen LogP contribution in [0.5, 0.6) is 0 Å². The van der Waals surface area contributed by atoms with Crippen LogP contribution in [0.1, 0.15) is 26.5 Å². The molecule has 0 bridgehead atoms. The first-order valence-corrected chi connectivity index (χ1v) is 7.16. The molecule has 0 fully saturated rings. The lowest BCUT2D eigenvalue weighted by Gasteiger charge is -2.24. The molecule has 0 unspecified atom stereocenters. The van der Waals surface area contributed by atoms with Gasteiger partial charge in [-0.25, -0.2) is 13.6 Å². The van der Waals surface area contributed by atoms with Gasteiger partial charge >= 0.3 is 0 Å². The fourth-order valence-electron chi connectivity index (χ4n) is 1.81. The van der Waals surface area contributed by atoms with Crippen molar-refractivity contribution in [3.63, 3.8) is 0 Å². The summed E-state index contributed by atoms with van der Waals surface area (Å²) in [5.41, 5.74) is 0.931. The minimum atomic E-state index is -3.94. The first-order chi connectivity index (χ1) is 8.62. The van der Waals surface area contributed by atoms with Crippen molar-refractivity contribution in [3.05, 3.63) is 11.9 Å². The lowest BCUT2D eigenvalue weighted by atomic mass is 10.1. The Morgan fingerprint density at radius 1 is 1.32 bits per heavy atom. The standard InChI is InChI=1S/C10H16N6O2S/c1-6-7(5-12-13-6)8-14-15-9(19(11,17)18)16(8)10(2,3)4/h5H,1-4H3,(H,12,13)(H2,11,17,18). The molecule has 2 aromatic rings. The van der Waals surface area contributed by atoms with Crippen LogP contribution < -0.4 is 5.14 Å². The van der Waals surface area contributed by atoms with Crippen LogP contribution in [0, 0.1) is 6.92 Å². The summed E-state index contributed by atoms with van der Waals surface area (Å²) < 4.78 is 24.7. The number of aromatic nitrogens is 5. The zero-order valence-corrected chi connectivity index (χ0v) is 12.0. The molecule has 0 aliphatic rings. The summed E-state index contributed by atoms with van der Waals surface area (Å²) >= 11 is 0. The normalized spacial score (nSPS) is 12.9. The van der Waals surface area contributed by atoms with Gasteiger partial charge in [0.2, 0.25) is 0 Å². The number of rotatable bonds is 2. The van der Waals surface area contributed by atoms with Gasteiger partial charge in [0.15, 0.2) is 5.82 Å². The number of nitrogens with zero attached hydrogens (tertiary/aromatic N) is 4. The summed E-state index contributed by atoms with van der Waals surface area (Å²) in [6, 6.07) is 0. The fourth-order valence-corrected chi connectivity index (χ4v) is 2.58. The summed E-state index contributed by atoms with van der Waals surface area (Å²) in [6.45, 7) is 7.37. The molecule has 9 heteroatoms. The molecular formula is C10H16N6O2S. The van der Waals surface area contributed by atoms with E-state index in [0.717, 1.165) is 5.69 Å². The molecule has 0 spiro atoms. The van der Waals surface area contributed by atoms with Crippen molar-refractivity contribution in [2.45, 2.75) is 38.4 Å². The van der Waals surface area contributed by atoms with Crippen LogP contribution in [0.25, 0.3) is 11.4 Å². The van der Waals surface area contributed by atoms with Gasteiger partial charge in [-0.1, -0.05) is 0 Å². The largest absolute Gasteiger partial charge is 0.291 e. The third kappa shape index (κ3) is 2.38. The Morgan fingerprint density at radius 2 is 1.95 bits per heavy atom. The Morgan fingerprint density at radius 3 is 2.37 bits per heavy atom. The van der Waals surface area contributed by atoms with Crippen LogP contribution >= 0.6 is 0 Å². The Bertz CT molecular complexity index is 707. The Kier molecular flexibility index (Phi) is 2.98. The Hall–Kier alpha value is -1.74. The van der Waals surface area contributed by atoms with E-state index in [1.807, 2.05) is 27.7 Å². The highest BCUT2D eigenvalue weighted by Gasteiger charge is 2.30. The molecule has 0 amide bonds. The van der Waals surface area contributed by atoms with E-state index in [1.54, 1.807) is 6.20 Å². The summed E-state index contributed by atoms with van der Waals surface area (Å²) in [6.07, 6.45) is 1.58. The molecule has 0 aliphatic carbocycles. The molecule has 0 aliphatic heterocycles. The predicted molar refractivity (Wildman–Crippen MR) is 68.7 cm³/mol. The minimum absolute atomic E-state index is 0.254. The van der Waals surface area contributed by atoms with Gasteiger partial charge in [0.05, 0.1) is 11.8 Å². The average molecular weight is 284 g/mol. The van der Waals surface area contributed by atoms with E-state index in [1.165, 1.54) is 4.57 Å². The second kappa shape index (κ2) is 4.14. The minimum Gasteiger partial charge on any atom is -0.291 e. The van der Waals surface area contributed by atoms with Crippen LogP contribution in [0.4, 0.5) is 0 Å². The molecule has 2 aromatic heterocycles. The SMILES string of the molecule is Cc1[nH]ncc1-c1nnc(S(N)(=O)=O)n1C(C)(C)C. The van der Waals surface area contributed by atoms with Gasteiger partial charge in [0, 0.05) is 11.2 Å². The van der Waals surface area contributed by atoms with Crippen molar-refractivity contribution in [3.8, 4) is 11.4 Å². The van der Waals surface area contributed by atoms with Crippen molar-refractivity contribution in [1.29, 1.82) is 0 Å². The van der Waals surface area contributed by atoms with E-state index in [4.69, 9.17) is 5.14 Å². The number of sulfonamides is 1. The van der Waals surface area contributed by atoms with Gasteiger partial charge in [0.25, 0.3) is 15.2 Å². The molecule has 19 heavy (non-hydrogen) atoms. The number of primary sulfonamides is 1. The van der Waals surface area contributed by atoms with Gasteiger partial charge in [-0.05, 0) is 27.7 Å². The summed E-state index contributed by atoms with van der Waals surface area (Å²) in [5, 5.41) is 19.3. The maximum absolute atomic E-state index is 11.6. The van der Waals surface area contributed by atoms with E-state index in [9.17, 15) is 8.42 Å². The predicted octanol–water partition coefficient (Wildman–Crippen LogP) is 0.379. The van der Waals surface area contributed by atoms with Gasteiger partial charge in [-0.2, -0.15) is 5.10 Å². The molecule has 0 saturated carbocycles. The molecule has 0 atom stereocenters. The zero-order valence-electron chi connectivity index (χ0n) is 11.2. The van der Waals surface area contributed by atoms with Crippen molar-refractivity contribution < 1.29 is 8.42 Å². The topological polar surface area (TPSA) is 120 Å². The molecular weight excluding hydrogens is 268 g/mol. The molecule has 104 valence electrons. The zero-order chi connectivity index (χ0) is 14.4. The number of aryl methyl sites for hydroxylation is 1. The van der Waals surface area contributed by atoms with Gasteiger partial charge < -0.3 is 0 Å². The highest BCUT2D eigenvalue weighted by Crippen LogP contribution is 2.28. The first kappa shape index (κ1) is 13.7. The molecule has 8 nitrogen and oxygen atoms in total. The lowest BCUT2D eigenvalue weighted by Crippen LogP contribution is -2.29. The molecule has 0 radical (unpaired) electrons. The molecule has 2 rings (SSSR count). The highest BCUT2D eigenvalue weighted by molar-refractivity contribution is 7.89.